The topological polar surface area (TPSA) is 41.1 Å². The summed E-state index contributed by atoms with van der Waals surface area (Å²) in [6.07, 6.45) is 7.68. The van der Waals surface area contributed by atoms with E-state index in [2.05, 4.69) is 10.6 Å². The van der Waals surface area contributed by atoms with Crippen LogP contribution in [-0.2, 0) is 4.79 Å². The maximum atomic E-state index is 11.3. The molecule has 0 saturated carbocycles. The van der Waals surface area contributed by atoms with E-state index >= 15 is 0 Å². The van der Waals surface area contributed by atoms with Gasteiger partial charge in [0.1, 0.15) is 0 Å². The molecule has 3 nitrogen and oxygen atoms in total. The maximum Gasteiger partial charge on any atom is 0.219 e. The molecule has 0 radical (unpaired) electrons. The minimum atomic E-state index is 0.234. The van der Waals surface area contributed by atoms with Crippen LogP contribution >= 0.6 is 0 Å². The third-order valence-electron chi connectivity index (χ3n) is 2.61. The first-order chi connectivity index (χ1) is 6.89. The van der Waals surface area contributed by atoms with Crippen molar-refractivity contribution in [3.8, 4) is 0 Å². The molecule has 82 valence electrons. The van der Waals surface area contributed by atoms with Crippen molar-refractivity contribution in [1.82, 2.24) is 10.6 Å². The molecule has 0 aliphatic carbocycles. The summed E-state index contributed by atoms with van der Waals surface area (Å²) < 4.78 is 0. The van der Waals surface area contributed by atoms with Crippen LogP contribution in [0.1, 0.15) is 44.9 Å². The van der Waals surface area contributed by atoms with Gasteiger partial charge in [0.05, 0.1) is 0 Å². The molecule has 0 bridgehead atoms. The lowest BCUT2D eigenvalue weighted by molar-refractivity contribution is -0.121. The van der Waals surface area contributed by atoms with Crippen LogP contribution in [-0.4, -0.2) is 25.5 Å². The minimum absolute atomic E-state index is 0.234. The number of carbonyl (C=O) groups excluding carboxylic acids is 1. The van der Waals surface area contributed by atoms with Gasteiger partial charge in [-0.2, -0.15) is 0 Å². The van der Waals surface area contributed by atoms with E-state index in [1.165, 1.54) is 25.7 Å². The van der Waals surface area contributed by atoms with E-state index in [1.807, 2.05) is 0 Å². The first-order valence-electron chi connectivity index (χ1n) is 5.87. The lowest BCUT2D eigenvalue weighted by atomic mass is 10.2. The SMILES string of the molecule is O=C1CCCCCNCCCCCN1. The van der Waals surface area contributed by atoms with E-state index in [0.29, 0.717) is 6.42 Å². The number of carbonyl (C=O) groups is 1. The molecule has 0 aromatic heterocycles. The number of nitrogens with one attached hydrogen (secondary N) is 2. The van der Waals surface area contributed by atoms with Crippen molar-refractivity contribution in [3.63, 3.8) is 0 Å². The summed E-state index contributed by atoms with van der Waals surface area (Å²) in [5.74, 6) is 0.234. The van der Waals surface area contributed by atoms with Crippen molar-refractivity contribution in [2.75, 3.05) is 19.6 Å². The Morgan fingerprint density at radius 2 is 1.43 bits per heavy atom. The lowest BCUT2D eigenvalue weighted by Gasteiger charge is -2.03. The van der Waals surface area contributed by atoms with Crippen LogP contribution in [0.2, 0.25) is 0 Å². The molecule has 0 unspecified atom stereocenters. The second kappa shape index (κ2) is 7.80. The molecule has 0 aromatic rings. The van der Waals surface area contributed by atoms with Gasteiger partial charge in [0, 0.05) is 13.0 Å². The zero-order chi connectivity index (χ0) is 10.1. The Labute approximate surface area is 86.6 Å². The van der Waals surface area contributed by atoms with Crippen molar-refractivity contribution in [2.24, 2.45) is 0 Å². The standard InChI is InChI=1S/C11H22N2O/c14-11-7-3-1-4-8-12-9-5-2-6-10-13-11/h12H,1-10H2,(H,13,14). The van der Waals surface area contributed by atoms with E-state index in [9.17, 15) is 4.79 Å². The Morgan fingerprint density at radius 1 is 0.786 bits per heavy atom. The van der Waals surface area contributed by atoms with Crippen molar-refractivity contribution in [3.05, 3.63) is 0 Å². The molecule has 0 aromatic carbocycles. The van der Waals surface area contributed by atoms with E-state index in [4.69, 9.17) is 0 Å². The average Bonchev–Trinajstić information content (AvgIpc) is 2.20. The highest BCUT2D eigenvalue weighted by Crippen LogP contribution is 2.00. The van der Waals surface area contributed by atoms with Gasteiger partial charge in [-0.05, 0) is 38.8 Å². The minimum Gasteiger partial charge on any atom is -0.356 e. The normalized spacial score (nSPS) is 22.7. The fourth-order valence-electron chi connectivity index (χ4n) is 1.71. The van der Waals surface area contributed by atoms with Crippen LogP contribution < -0.4 is 10.6 Å². The summed E-state index contributed by atoms with van der Waals surface area (Å²) in [6.45, 7) is 3.11. The molecule has 0 atom stereocenters. The quantitative estimate of drug-likeness (QED) is 0.618. The summed E-state index contributed by atoms with van der Waals surface area (Å²) >= 11 is 0. The molecule has 2 N–H and O–H groups in total. The van der Waals surface area contributed by atoms with E-state index in [0.717, 1.165) is 32.5 Å². The summed E-state index contributed by atoms with van der Waals surface area (Å²) in [4.78, 5) is 11.3. The molecule has 1 heterocycles. The predicted octanol–water partition coefficient (Wildman–Crippen LogP) is 1.44. The Bertz CT molecular complexity index is 143. The van der Waals surface area contributed by atoms with Crippen molar-refractivity contribution in [1.29, 1.82) is 0 Å². The van der Waals surface area contributed by atoms with E-state index in [-0.39, 0.29) is 5.91 Å². The van der Waals surface area contributed by atoms with E-state index in [1.54, 1.807) is 0 Å². The Hall–Kier alpha value is -0.570. The van der Waals surface area contributed by atoms with Crippen LogP contribution in [0.25, 0.3) is 0 Å². The van der Waals surface area contributed by atoms with Crippen LogP contribution in [0, 0.1) is 0 Å². The molecule has 1 aliphatic rings. The summed E-state index contributed by atoms with van der Waals surface area (Å²) in [5, 5.41) is 6.39. The number of rotatable bonds is 0. The lowest BCUT2D eigenvalue weighted by Crippen LogP contribution is -2.23. The third-order valence-corrected chi connectivity index (χ3v) is 2.61. The number of amides is 1. The number of hydrogen-bond acceptors (Lipinski definition) is 2. The molecular weight excluding hydrogens is 176 g/mol. The van der Waals surface area contributed by atoms with Gasteiger partial charge in [0.2, 0.25) is 5.91 Å². The van der Waals surface area contributed by atoms with Crippen molar-refractivity contribution >= 4 is 5.91 Å². The molecule has 1 fully saturated rings. The van der Waals surface area contributed by atoms with Crippen LogP contribution in [0.4, 0.5) is 0 Å². The van der Waals surface area contributed by atoms with Gasteiger partial charge in [-0.15, -0.1) is 0 Å². The molecule has 1 aliphatic heterocycles. The molecular formula is C11H22N2O. The molecule has 1 amide bonds. The van der Waals surface area contributed by atoms with Crippen molar-refractivity contribution in [2.45, 2.75) is 44.9 Å². The van der Waals surface area contributed by atoms with Crippen LogP contribution in [0.15, 0.2) is 0 Å². The monoisotopic (exact) mass is 198 g/mol. The average molecular weight is 198 g/mol. The van der Waals surface area contributed by atoms with Gasteiger partial charge in [0.15, 0.2) is 0 Å². The fraction of sp³-hybridized carbons (Fsp3) is 0.909. The smallest absolute Gasteiger partial charge is 0.219 e. The summed E-state index contributed by atoms with van der Waals surface area (Å²) in [5.41, 5.74) is 0. The largest absolute Gasteiger partial charge is 0.356 e. The van der Waals surface area contributed by atoms with Gasteiger partial charge in [0.25, 0.3) is 0 Å². The van der Waals surface area contributed by atoms with Gasteiger partial charge in [-0.25, -0.2) is 0 Å². The van der Waals surface area contributed by atoms with Gasteiger partial charge in [-0.1, -0.05) is 12.8 Å². The highest BCUT2D eigenvalue weighted by Gasteiger charge is 2.01. The zero-order valence-electron chi connectivity index (χ0n) is 8.98. The Morgan fingerprint density at radius 3 is 2.21 bits per heavy atom. The van der Waals surface area contributed by atoms with Crippen LogP contribution in [0.5, 0.6) is 0 Å². The maximum absolute atomic E-state index is 11.3. The highest BCUT2D eigenvalue weighted by atomic mass is 16.1. The number of hydrogen-bond donors (Lipinski definition) is 2. The highest BCUT2D eigenvalue weighted by molar-refractivity contribution is 5.75. The first-order valence-corrected chi connectivity index (χ1v) is 5.87. The van der Waals surface area contributed by atoms with Gasteiger partial charge < -0.3 is 10.6 Å². The molecule has 1 rings (SSSR count). The molecule has 0 spiro atoms. The third kappa shape index (κ3) is 5.97. The Balaban J connectivity index is 2.15. The molecule has 1 saturated heterocycles. The second-order valence-corrected chi connectivity index (χ2v) is 3.97. The zero-order valence-corrected chi connectivity index (χ0v) is 8.98. The summed E-state index contributed by atoms with van der Waals surface area (Å²) in [7, 11) is 0. The molecule has 3 heteroatoms. The van der Waals surface area contributed by atoms with Gasteiger partial charge >= 0.3 is 0 Å². The van der Waals surface area contributed by atoms with Crippen molar-refractivity contribution < 1.29 is 4.79 Å². The fourth-order valence-corrected chi connectivity index (χ4v) is 1.71. The first kappa shape index (κ1) is 11.5. The van der Waals surface area contributed by atoms with Gasteiger partial charge in [-0.3, -0.25) is 4.79 Å². The summed E-state index contributed by atoms with van der Waals surface area (Å²) in [6, 6.07) is 0. The molecule has 14 heavy (non-hydrogen) atoms. The predicted molar refractivity (Wildman–Crippen MR) is 58.2 cm³/mol. The van der Waals surface area contributed by atoms with E-state index < -0.39 is 0 Å². The second-order valence-electron chi connectivity index (χ2n) is 3.97. The van der Waals surface area contributed by atoms with Crippen LogP contribution in [0.3, 0.4) is 0 Å². The Kier molecular flexibility index (Phi) is 6.41.